The predicted molar refractivity (Wildman–Crippen MR) is 106 cm³/mol. The largest absolute Gasteiger partial charge is 0.496 e. The van der Waals surface area contributed by atoms with E-state index >= 15 is 0 Å². The lowest BCUT2D eigenvalue weighted by Crippen LogP contribution is -2.38. The van der Waals surface area contributed by atoms with Crippen molar-refractivity contribution in [2.75, 3.05) is 46.5 Å². The number of hydrogen-bond acceptors (Lipinski definition) is 5. The van der Waals surface area contributed by atoms with Gasteiger partial charge in [0.15, 0.2) is 0 Å². The maximum atomic E-state index is 12.3. The second kappa shape index (κ2) is 9.06. The van der Waals surface area contributed by atoms with E-state index in [-0.39, 0.29) is 5.91 Å². The molecule has 1 aliphatic rings. The number of morpholine rings is 1. The van der Waals surface area contributed by atoms with Gasteiger partial charge in [-0.05, 0) is 44.0 Å². The Hall–Kier alpha value is -2.31. The minimum atomic E-state index is -0.0828. The van der Waals surface area contributed by atoms with Crippen molar-refractivity contribution in [1.29, 1.82) is 0 Å². The maximum Gasteiger partial charge on any atom is 0.244 e. The molecule has 1 aromatic heterocycles. The van der Waals surface area contributed by atoms with Crippen molar-refractivity contribution in [3.8, 4) is 5.75 Å². The number of ether oxygens (including phenoxy) is 2. The van der Waals surface area contributed by atoms with Crippen LogP contribution in [0.15, 0.2) is 28.9 Å². The molecule has 3 rings (SSSR count). The third-order valence-electron chi connectivity index (χ3n) is 4.92. The number of rotatable bonds is 7. The molecule has 0 bridgehead atoms. The van der Waals surface area contributed by atoms with Gasteiger partial charge < -0.3 is 19.2 Å². The second-order valence-electron chi connectivity index (χ2n) is 6.89. The maximum absolute atomic E-state index is 12.3. The highest BCUT2D eigenvalue weighted by atomic mass is 16.5. The first-order valence-electron chi connectivity index (χ1n) is 9.41. The lowest BCUT2D eigenvalue weighted by molar-refractivity contribution is -0.116. The van der Waals surface area contributed by atoms with Gasteiger partial charge in [-0.2, -0.15) is 0 Å². The number of amides is 1. The van der Waals surface area contributed by atoms with Crippen molar-refractivity contribution in [1.82, 2.24) is 10.2 Å². The highest BCUT2D eigenvalue weighted by Gasteiger charge is 2.13. The second-order valence-corrected chi connectivity index (χ2v) is 6.89. The Bertz CT molecular complexity index is 819. The van der Waals surface area contributed by atoms with E-state index in [4.69, 9.17) is 13.9 Å². The summed E-state index contributed by atoms with van der Waals surface area (Å²) in [5.41, 5.74) is 3.61. The fourth-order valence-corrected chi connectivity index (χ4v) is 3.32. The van der Waals surface area contributed by atoms with Crippen LogP contribution >= 0.6 is 0 Å². The van der Waals surface area contributed by atoms with Crippen LogP contribution in [-0.4, -0.2) is 57.3 Å². The van der Waals surface area contributed by atoms with Crippen molar-refractivity contribution < 1.29 is 18.7 Å². The summed E-state index contributed by atoms with van der Waals surface area (Å²) in [5, 5.41) is 4.00. The Morgan fingerprint density at radius 2 is 2.11 bits per heavy atom. The molecule has 0 aliphatic carbocycles. The quantitative estimate of drug-likeness (QED) is 0.598. The zero-order valence-corrected chi connectivity index (χ0v) is 16.3. The van der Waals surface area contributed by atoms with Crippen molar-refractivity contribution >= 4 is 22.4 Å². The summed E-state index contributed by atoms with van der Waals surface area (Å²) in [6, 6.07) is 3.89. The molecule has 0 unspecified atom stereocenters. The first kappa shape index (κ1) is 19.5. The van der Waals surface area contributed by atoms with Crippen molar-refractivity contribution in [3.63, 3.8) is 0 Å². The number of methoxy groups -OCH3 is 1. The average Bonchev–Trinajstić information content (AvgIpc) is 3.05. The van der Waals surface area contributed by atoms with E-state index in [2.05, 4.69) is 10.2 Å². The Labute approximate surface area is 160 Å². The summed E-state index contributed by atoms with van der Waals surface area (Å²) < 4.78 is 16.4. The third-order valence-corrected chi connectivity index (χ3v) is 4.92. The fraction of sp³-hybridized carbons (Fsp3) is 0.476. The van der Waals surface area contributed by atoms with E-state index in [0.29, 0.717) is 12.3 Å². The smallest absolute Gasteiger partial charge is 0.244 e. The molecule has 2 aromatic rings. The van der Waals surface area contributed by atoms with Crippen LogP contribution in [0.5, 0.6) is 5.75 Å². The summed E-state index contributed by atoms with van der Waals surface area (Å²) in [4.78, 5) is 14.6. The van der Waals surface area contributed by atoms with Crippen molar-refractivity contribution in [2.45, 2.75) is 20.3 Å². The fourth-order valence-electron chi connectivity index (χ4n) is 3.32. The molecule has 6 heteroatoms. The molecule has 1 N–H and O–H groups in total. The van der Waals surface area contributed by atoms with Gasteiger partial charge in [-0.3, -0.25) is 9.69 Å². The summed E-state index contributed by atoms with van der Waals surface area (Å²) in [5.74, 6) is 0.617. The van der Waals surface area contributed by atoms with E-state index in [1.54, 1.807) is 19.4 Å². The van der Waals surface area contributed by atoms with Gasteiger partial charge in [0.25, 0.3) is 0 Å². The normalized spacial score (nSPS) is 15.9. The number of fused-ring (bicyclic) bond motifs is 1. The van der Waals surface area contributed by atoms with Crippen LogP contribution in [0.25, 0.3) is 16.5 Å². The first-order chi connectivity index (χ1) is 13.1. The van der Waals surface area contributed by atoms with Crippen LogP contribution < -0.4 is 10.1 Å². The van der Waals surface area contributed by atoms with Crippen LogP contribution in [0, 0.1) is 6.92 Å². The van der Waals surface area contributed by atoms with Gasteiger partial charge in [0.2, 0.25) is 5.91 Å². The molecule has 1 saturated heterocycles. The molecule has 0 saturated carbocycles. The lowest BCUT2D eigenvalue weighted by Gasteiger charge is -2.26. The SMILES string of the molecule is COc1cc2occ(C)c2cc1/C(C)=C/C(=O)NCCCN1CCOCC1. The summed E-state index contributed by atoms with van der Waals surface area (Å²) in [7, 11) is 1.62. The highest BCUT2D eigenvalue weighted by Crippen LogP contribution is 2.33. The molecule has 0 radical (unpaired) electrons. The molecule has 0 atom stereocenters. The summed E-state index contributed by atoms with van der Waals surface area (Å²) in [6.07, 6.45) is 4.30. The van der Waals surface area contributed by atoms with E-state index in [0.717, 1.165) is 66.9 Å². The van der Waals surface area contributed by atoms with E-state index in [1.165, 1.54) is 0 Å². The Morgan fingerprint density at radius 1 is 1.33 bits per heavy atom. The Kier molecular flexibility index (Phi) is 6.53. The standard InChI is InChI=1S/C21H28N2O4/c1-15(11-21(24)22-5-4-6-23-7-9-26-10-8-23)17-12-18-16(2)14-27-20(18)13-19(17)25-3/h11-14H,4-10H2,1-3H3,(H,22,24)/b15-11+. The number of carbonyl (C=O) groups excluding carboxylic acids is 1. The molecule has 0 spiro atoms. The van der Waals surface area contributed by atoms with Gasteiger partial charge in [0, 0.05) is 42.7 Å². The number of nitrogens with one attached hydrogen (secondary N) is 1. The monoisotopic (exact) mass is 372 g/mol. The molecule has 27 heavy (non-hydrogen) atoms. The van der Waals surface area contributed by atoms with Gasteiger partial charge in [-0.15, -0.1) is 0 Å². The highest BCUT2D eigenvalue weighted by molar-refractivity contribution is 5.97. The van der Waals surface area contributed by atoms with E-state index < -0.39 is 0 Å². The Balaban J connectivity index is 1.59. The molecule has 1 fully saturated rings. The van der Waals surface area contributed by atoms with Crippen LogP contribution in [0.4, 0.5) is 0 Å². The van der Waals surface area contributed by atoms with Crippen LogP contribution in [-0.2, 0) is 9.53 Å². The van der Waals surface area contributed by atoms with Crippen molar-refractivity contribution in [2.24, 2.45) is 0 Å². The predicted octanol–water partition coefficient (Wildman–Crippen LogP) is 2.99. The first-order valence-corrected chi connectivity index (χ1v) is 9.41. The zero-order chi connectivity index (χ0) is 19.2. The molecular formula is C21H28N2O4. The molecule has 1 aliphatic heterocycles. The average molecular weight is 372 g/mol. The van der Waals surface area contributed by atoms with Gasteiger partial charge in [-0.1, -0.05) is 0 Å². The van der Waals surface area contributed by atoms with Gasteiger partial charge >= 0.3 is 0 Å². The van der Waals surface area contributed by atoms with Gasteiger partial charge in [-0.25, -0.2) is 0 Å². The molecular weight excluding hydrogens is 344 g/mol. The number of furan rings is 1. The lowest BCUT2D eigenvalue weighted by atomic mass is 10.0. The third kappa shape index (κ3) is 4.90. The van der Waals surface area contributed by atoms with Crippen LogP contribution in [0.1, 0.15) is 24.5 Å². The van der Waals surface area contributed by atoms with Crippen molar-refractivity contribution in [3.05, 3.63) is 35.6 Å². The number of allylic oxidation sites excluding steroid dienone is 1. The number of benzene rings is 1. The Morgan fingerprint density at radius 3 is 2.85 bits per heavy atom. The van der Waals surface area contributed by atoms with E-state index in [9.17, 15) is 4.79 Å². The zero-order valence-electron chi connectivity index (χ0n) is 16.3. The number of nitrogens with zero attached hydrogens (tertiary/aromatic N) is 1. The molecule has 2 heterocycles. The van der Waals surface area contributed by atoms with Gasteiger partial charge in [0.05, 0.1) is 26.6 Å². The number of carbonyl (C=O) groups is 1. The minimum absolute atomic E-state index is 0.0828. The number of aryl methyl sites for hydroxylation is 1. The molecule has 146 valence electrons. The summed E-state index contributed by atoms with van der Waals surface area (Å²) in [6.45, 7) is 9.13. The molecule has 1 aromatic carbocycles. The summed E-state index contributed by atoms with van der Waals surface area (Å²) >= 11 is 0. The van der Waals surface area contributed by atoms with Gasteiger partial charge in [0.1, 0.15) is 11.3 Å². The van der Waals surface area contributed by atoms with E-state index in [1.807, 2.05) is 26.0 Å². The van der Waals surface area contributed by atoms with Crippen LogP contribution in [0.3, 0.4) is 0 Å². The molecule has 6 nitrogen and oxygen atoms in total. The molecule has 1 amide bonds. The minimum Gasteiger partial charge on any atom is -0.496 e. The van der Waals surface area contributed by atoms with Crippen LogP contribution in [0.2, 0.25) is 0 Å². The topological polar surface area (TPSA) is 63.9 Å². The number of hydrogen-bond donors (Lipinski definition) is 1.